The molecule has 2 unspecified atom stereocenters. The van der Waals surface area contributed by atoms with Gasteiger partial charge >= 0.3 is 0 Å². The molecule has 2 saturated heterocycles. The first-order valence-electron chi connectivity index (χ1n) is 6.49. The molecule has 0 saturated carbocycles. The number of halogens is 1. The maximum Gasteiger partial charge on any atom is 0.282 e. The topological polar surface area (TPSA) is 52.7 Å². The number of rotatable bonds is 2. The Bertz CT molecular complexity index is 363. The summed E-state index contributed by atoms with van der Waals surface area (Å²) in [6.07, 6.45) is 2.13. The molecular weight excluding hydrogens is 274 g/mol. The first-order chi connectivity index (χ1) is 8.01. The van der Waals surface area contributed by atoms with Crippen molar-refractivity contribution in [3.8, 4) is 0 Å². The zero-order valence-corrected chi connectivity index (χ0v) is 12.8. The molecule has 18 heavy (non-hydrogen) atoms. The summed E-state index contributed by atoms with van der Waals surface area (Å²) in [5.41, 5.74) is 0. The minimum Gasteiger partial charge on any atom is -0.314 e. The quantitative estimate of drug-likeness (QED) is 0.815. The highest BCUT2D eigenvalue weighted by Gasteiger charge is 2.36. The molecule has 0 aromatic rings. The maximum absolute atomic E-state index is 12.5. The number of nitrogens with zero attached hydrogens (tertiary/aromatic N) is 2. The fourth-order valence-electron chi connectivity index (χ4n) is 2.67. The summed E-state index contributed by atoms with van der Waals surface area (Å²) in [6, 6.07) is 0.0611. The molecule has 2 atom stereocenters. The molecule has 2 fully saturated rings. The largest absolute Gasteiger partial charge is 0.314 e. The second-order valence-electron chi connectivity index (χ2n) is 5.28. The van der Waals surface area contributed by atoms with Gasteiger partial charge in [0.15, 0.2) is 0 Å². The molecule has 0 amide bonds. The predicted molar refractivity (Wildman–Crippen MR) is 75.2 cm³/mol. The van der Waals surface area contributed by atoms with E-state index in [-0.39, 0.29) is 18.4 Å². The first kappa shape index (κ1) is 16.2. The van der Waals surface area contributed by atoms with Crippen LogP contribution in [0.1, 0.15) is 26.7 Å². The van der Waals surface area contributed by atoms with Gasteiger partial charge in [0.25, 0.3) is 10.2 Å². The molecule has 5 nitrogen and oxygen atoms in total. The summed E-state index contributed by atoms with van der Waals surface area (Å²) < 4.78 is 28.4. The van der Waals surface area contributed by atoms with E-state index in [1.807, 2.05) is 6.92 Å². The van der Waals surface area contributed by atoms with Crippen LogP contribution >= 0.6 is 12.4 Å². The molecule has 108 valence electrons. The summed E-state index contributed by atoms with van der Waals surface area (Å²) >= 11 is 0. The maximum atomic E-state index is 12.5. The van der Waals surface area contributed by atoms with Crippen LogP contribution in [-0.2, 0) is 10.2 Å². The number of piperidine rings is 1. The van der Waals surface area contributed by atoms with Gasteiger partial charge in [-0.1, -0.05) is 6.92 Å². The monoisotopic (exact) mass is 297 g/mol. The van der Waals surface area contributed by atoms with Crippen LogP contribution in [0.3, 0.4) is 0 Å². The lowest BCUT2D eigenvalue weighted by Gasteiger charge is -2.39. The Morgan fingerprint density at radius 3 is 2.56 bits per heavy atom. The van der Waals surface area contributed by atoms with E-state index in [1.54, 1.807) is 8.61 Å². The van der Waals surface area contributed by atoms with Crippen LogP contribution in [0.5, 0.6) is 0 Å². The van der Waals surface area contributed by atoms with Crippen molar-refractivity contribution in [1.82, 2.24) is 13.9 Å². The molecular formula is C11H24ClN3O2S. The summed E-state index contributed by atoms with van der Waals surface area (Å²) in [6.45, 7) is 7.56. The van der Waals surface area contributed by atoms with Gasteiger partial charge in [-0.3, -0.25) is 0 Å². The van der Waals surface area contributed by atoms with Crippen LogP contribution < -0.4 is 5.32 Å². The Hall–Kier alpha value is 0.120. The number of hydrogen-bond donors (Lipinski definition) is 1. The van der Waals surface area contributed by atoms with Crippen molar-refractivity contribution < 1.29 is 8.42 Å². The van der Waals surface area contributed by atoms with Crippen LogP contribution in [0.15, 0.2) is 0 Å². The standard InChI is InChI=1S/C11H23N3O2S.ClH/c1-10-4-3-6-13(9-10)17(15,16)14-7-5-12-8-11(14)2;/h10-12H,3-9H2,1-2H3;1H. The van der Waals surface area contributed by atoms with Gasteiger partial charge in [-0.05, 0) is 25.7 Å². The minimum atomic E-state index is -3.24. The minimum absolute atomic E-state index is 0. The Labute approximate surface area is 116 Å². The lowest BCUT2D eigenvalue weighted by atomic mass is 10.0. The summed E-state index contributed by atoms with van der Waals surface area (Å²) in [7, 11) is -3.24. The molecule has 7 heteroatoms. The molecule has 2 aliphatic heterocycles. The SMILES string of the molecule is CC1CCCN(S(=O)(=O)N2CCNCC2C)C1.Cl. The molecule has 0 bridgehead atoms. The smallest absolute Gasteiger partial charge is 0.282 e. The van der Waals surface area contributed by atoms with Crippen LogP contribution in [0, 0.1) is 5.92 Å². The third-order valence-electron chi connectivity index (χ3n) is 3.68. The highest BCUT2D eigenvalue weighted by Crippen LogP contribution is 2.22. The highest BCUT2D eigenvalue weighted by atomic mass is 35.5. The van der Waals surface area contributed by atoms with Crippen molar-refractivity contribution in [3.63, 3.8) is 0 Å². The van der Waals surface area contributed by atoms with Crippen molar-refractivity contribution in [2.45, 2.75) is 32.7 Å². The zero-order chi connectivity index (χ0) is 12.5. The van der Waals surface area contributed by atoms with Crippen LogP contribution in [0.2, 0.25) is 0 Å². The van der Waals surface area contributed by atoms with E-state index in [0.29, 0.717) is 25.6 Å². The summed E-state index contributed by atoms with van der Waals surface area (Å²) in [5, 5.41) is 3.22. The third kappa shape index (κ3) is 3.36. The van der Waals surface area contributed by atoms with Crippen molar-refractivity contribution in [3.05, 3.63) is 0 Å². The van der Waals surface area contributed by atoms with Gasteiger partial charge in [0.2, 0.25) is 0 Å². The van der Waals surface area contributed by atoms with E-state index in [1.165, 1.54) is 0 Å². The molecule has 1 N–H and O–H groups in total. The van der Waals surface area contributed by atoms with Crippen molar-refractivity contribution >= 4 is 22.6 Å². The van der Waals surface area contributed by atoms with E-state index in [0.717, 1.165) is 25.9 Å². The normalized spacial score (nSPS) is 31.9. The fraction of sp³-hybridized carbons (Fsp3) is 1.00. The molecule has 0 spiro atoms. The molecule has 2 heterocycles. The first-order valence-corrected chi connectivity index (χ1v) is 7.89. The van der Waals surface area contributed by atoms with Gasteiger partial charge in [-0.2, -0.15) is 17.0 Å². The van der Waals surface area contributed by atoms with E-state index in [4.69, 9.17) is 0 Å². The van der Waals surface area contributed by atoms with Crippen LogP contribution in [-0.4, -0.2) is 55.8 Å². The second kappa shape index (κ2) is 6.52. The van der Waals surface area contributed by atoms with Crippen molar-refractivity contribution in [2.75, 3.05) is 32.7 Å². The highest BCUT2D eigenvalue weighted by molar-refractivity contribution is 7.86. The average molecular weight is 298 g/mol. The Balaban J connectivity index is 0.00000162. The lowest BCUT2D eigenvalue weighted by molar-refractivity contribution is 0.226. The second-order valence-corrected chi connectivity index (χ2v) is 7.16. The van der Waals surface area contributed by atoms with Crippen LogP contribution in [0.4, 0.5) is 0 Å². The molecule has 2 aliphatic rings. The van der Waals surface area contributed by atoms with Gasteiger partial charge in [0.05, 0.1) is 0 Å². The Morgan fingerprint density at radius 1 is 1.22 bits per heavy atom. The van der Waals surface area contributed by atoms with E-state index in [9.17, 15) is 8.42 Å². The van der Waals surface area contributed by atoms with E-state index in [2.05, 4.69) is 12.2 Å². The molecule has 0 aliphatic carbocycles. The Kier molecular flexibility index (Phi) is 5.86. The van der Waals surface area contributed by atoms with Crippen molar-refractivity contribution in [2.24, 2.45) is 5.92 Å². The van der Waals surface area contributed by atoms with Gasteiger partial charge in [0, 0.05) is 38.8 Å². The van der Waals surface area contributed by atoms with Gasteiger partial charge in [-0.25, -0.2) is 0 Å². The van der Waals surface area contributed by atoms with Gasteiger partial charge in [0.1, 0.15) is 0 Å². The van der Waals surface area contributed by atoms with E-state index >= 15 is 0 Å². The summed E-state index contributed by atoms with van der Waals surface area (Å²) in [4.78, 5) is 0. The van der Waals surface area contributed by atoms with E-state index < -0.39 is 10.2 Å². The van der Waals surface area contributed by atoms with Crippen molar-refractivity contribution in [1.29, 1.82) is 0 Å². The predicted octanol–water partition coefficient (Wildman–Crippen LogP) is 0.679. The lowest BCUT2D eigenvalue weighted by Crippen LogP contribution is -2.57. The third-order valence-corrected chi connectivity index (χ3v) is 5.80. The molecule has 0 aromatic heterocycles. The number of hydrogen-bond acceptors (Lipinski definition) is 3. The summed E-state index contributed by atoms with van der Waals surface area (Å²) in [5.74, 6) is 0.483. The molecule has 2 rings (SSSR count). The fourth-order valence-corrected chi connectivity index (χ4v) is 4.62. The molecule has 0 radical (unpaired) electrons. The number of nitrogens with one attached hydrogen (secondary N) is 1. The molecule has 0 aromatic carbocycles. The van der Waals surface area contributed by atoms with Gasteiger partial charge in [-0.15, -0.1) is 12.4 Å². The van der Waals surface area contributed by atoms with Gasteiger partial charge < -0.3 is 5.32 Å². The zero-order valence-electron chi connectivity index (χ0n) is 11.1. The number of piperazine rings is 1. The van der Waals surface area contributed by atoms with Crippen LogP contribution in [0.25, 0.3) is 0 Å². The Morgan fingerprint density at radius 2 is 1.94 bits per heavy atom. The average Bonchev–Trinajstić information content (AvgIpc) is 2.29.